The fourth-order valence-corrected chi connectivity index (χ4v) is 8.34. The fourth-order valence-electron chi connectivity index (χ4n) is 7.03. The normalized spacial score (nSPS) is 27.7. The number of nitrogens with one attached hydrogen (secondary N) is 3. The van der Waals surface area contributed by atoms with Crippen LogP contribution in [0, 0.1) is 25.6 Å². The molecule has 53 heavy (non-hydrogen) atoms. The van der Waals surface area contributed by atoms with Gasteiger partial charge in [-0.15, -0.1) is 0 Å². The first-order valence-corrected chi connectivity index (χ1v) is 19.4. The maximum atomic E-state index is 14.7. The van der Waals surface area contributed by atoms with Gasteiger partial charge >= 0.3 is 0 Å². The summed E-state index contributed by atoms with van der Waals surface area (Å²) in [5.74, 6) is -3.85. The quantitative estimate of drug-likeness (QED) is 0.300. The van der Waals surface area contributed by atoms with Crippen LogP contribution in [0.2, 0.25) is 0 Å². The monoisotopic (exact) mass is 751 g/mol. The summed E-state index contributed by atoms with van der Waals surface area (Å²) in [4.78, 5) is 65.9. The van der Waals surface area contributed by atoms with Crippen molar-refractivity contribution in [3.8, 4) is 5.88 Å². The molecule has 2 saturated carbocycles. The zero-order valence-corrected chi connectivity index (χ0v) is 30.5. The highest BCUT2D eigenvalue weighted by atomic mass is 32.2. The van der Waals surface area contributed by atoms with Crippen LogP contribution >= 0.6 is 0 Å². The molecule has 15 nitrogen and oxygen atoms in total. The number of fused-ring (bicyclic) bond motifs is 3. The minimum Gasteiger partial charge on any atom is -0.471 e. The Morgan fingerprint density at radius 1 is 1.13 bits per heavy atom. The summed E-state index contributed by atoms with van der Waals surface area (Å²) in [5.41, 5.74) is -0.385. The van der Waals surface area contributed by atoms with Crippen molar-refractivity contribution in [2.24, 2.45) is 5.92 Å². The number of sulfonamides is 1. The maximum absolute atomic E-state index is 14.7. The van der Waals surface area contributed by atoms with E-state index >= 15 is 0 Å². The minimum atomic E-state index is -4.01. The van der Waals surface area contributed by atoms with Crippen LogP contribution in [0.3, 0.4) is 0 Å². The molecule has 0 bridgehead atoms. The molecule has 17 heteroatoms. The van der Waals surface area contributed by atoms with Crippen molar-refractivity contribution in [1.82, 2.24) is 35.4 Å². The van der Waals surface area contributed by atoms with Crippen LogP contribution in [0.5, 0.6) is 5.88 Å². The molecule has 4 heterocycles. The second kappa shape index (κ2) is 13.8. The Balaban J connectivity index is 1.20. The Morgan fingerprint density at radius 3 is 2.66 bits per heavy atom. The van der Waals surface area contributed by atoms with Crippen molar-refractivity contribution < 1.29 is 41.2 Å². The molecule has 3 N–H and O–H groups in total. The number of amides is 4. The molecule has 4 aliphatic rings. The van der Waals surface area contributed by atoms with Crippen molar-refractivity contribution in [3.05, 3.63) is 59.4 Å². The van der Waals surface area contributed by atoms with Gasteiger partial charge in [0, 0.05) is 18.4 Å². The lowest BCUT2D eigenvalue weighted by molar-refractivity contribution is -0.141. The largest absolute Gasteiger partial charge is 0.471 e. The van der Waals surface area contributed by atoms with Crippen molar-refractivity contribution in [3.63, 3.8) is 0 Å². The number of benzene rings is 1. The third-order valence-corrected chi connectivity index (χ3v) is 12.8. The summed E-state index contributed by atoms with van der Waals surface area (Å²) in [7, 11) is -4.01. The van der Waals surface area contributed by atoms with E-state index in [0.29, 0.717) is 42.6 Å². The first kappa shape index (κ1) is 36.4. The lowest BCUT2D eigenvalue weighted by Crippen LogP contribution is -2.58. The van der Waals surface area contributed by atoms with Crippen LogP contribution in [0.15, 0.2) is 40.9 Å². The molecule has 7 rings (SSSR count). The highest BCUT2D eigenvalue weighted by Gasteiger charge is 2.63. The van der Waals surface area contributed by atoms with E-state index < -0.39 is 73.9 Å². The molecule has 1 saturated heterocycles. The molecule has 1 unspecified atom stereocenters. The average molecular weight is 752 g/mol. The van der Waals surface area contributed by atoms with Gasteiger partial charge in [-0.2, -0.15) is 0 Å². The summed E-state index contributed by atoms with van der Waals surface area (Å²) < 4.78 is 53.4. The number of para-hydroxylation sites is 1. The van der Waals surface area contributed by atoms with Crippen LogP contribution in [-0.4, -0.2) is 87.1 Å². The van der Waals surface area contributed by atoms with Crippen LogP contribution in [0.4, 0.5) is 4.39 Å². The fraction of sp³-hybridized carbons (Fsp3) is 0.528. The summed E-state index contributed by atoms with van der Waals surface area (Å²) in [6.45, 7) is 4.76. The molecule has 2 aliphatic heterocycles. The Bertz CT molecular complexity index is 2120. The Kier molecular flexibility index (Phi) is 9.49. The van der Waals surface area contributed by atoms with E-state index in [9.17, 15) is 32.0 Å². The van der Waals surface area contributed by atoms with Gasteiger partial charge in [0.2, 0.25) is 33.5 Å². The minimum absolute atomic E-state index is 0.00372. The summed E-state index contributed by atoms with van der Waals surface area (Å²) >= 11 is 0. The van der Waals surface area contributed by atoms with Gasteiger partial charge in [0.25, 0.3) is 11.8 Å². The van der Waals surface area contributed by atoms with Crippen LogP contribution in [0.25, 0.3) is 11.0 Å². The van der Waals surface area contributed by atoms with Gasteiger partial charge in [0.1, 0.15) is 34.9 Å². The topological polar surface area (TPSA) is 203 Å². The van der Waals surface area contributed by atoms with Crippen LogP contribution < -0.4 is 20.1 Å². The number of nitrogens with zero attached hydrogens (tertiary/aromatic N) is 4. The smallest absolute Gasteiger partial charge is 0.290 e. The highest BCUT2D eigenvalue weighted by molar-refractivity contribution is 7.91. The van der Waals surface area contributed by atoms with Gasteiger partial charge in [-0.25, -0.2) is 22.8 Å². The number of ether oxygens (including phenoxy) is 1. The number of carbonyl (C=O) groups is 4. The molecule has 0 spiro atoms. The van der Waals surface area contributed by atoms with Gasteiger partial charge in [-0.05, 0) is 71.4 Å². The van der Waals surface area contributed by atoms with Gasteiger partial charge in [0.05, 0.1) is 22.5 Å². The van der Waals surface area contributed by atoms with Gasteiger partial charge in [-0.1, -0.05) is 36.2 Å². The van der Waals surface area contributed by atoms with Gasteiger partial charge in [-0.3, -0.25) is 23.9 Å². The number of rotatable bonds is 7. The average Bonchev–Trinajstić information content (AvgIpc) is 3.91. The third-order valence-electron chi connectivity index (χ3n) is 10.7. The SMILES string of the molecule is Cc1cc(C(=O)N[C@H]2CCCCC/C=C\C3C[C@@]3(C(=O)NS(=O)(=O)C3(C)CC3)NC(=O)[C@@H]3C[C@@H](Oc4nc5c(F)cccc5nc4C)CN3C2=O)on1. The number of aryl methyl sites for hydroxylation is 2. The predicted octanol–water partition coefficient (Wildman–Crippen LogP) is 2.91. The molecule has 282 valence electrons. The summed E-state index contributed by atoms with van der Waals surface area (Å²) in [5, 5.41) is 9.36. The second-order valence-electron chi connectivity index (χ2n) is 14.8. The number of hydrogen-bond donors (Lipinski definition) is 3. The van der Waals surface area contributed by atoms with Crippen molar-refractivity contribution >= 4 is 44.7 Å². The number of hydrogen-bond acceptors (Lipinski definition) is 11. The molecule has 2 aromatic heterocycles. The lowest BCUT2D eigenvalue weighted by Gasteiger charge is -2.29. The zero-order chi connectivity index (χ0) is 37.7. The first-order chi connectivity index (χ1) is 25.2. The van der Waals surface area contributed by atoms with E-state index in [1.807, 2.05) is 12.2 Å². The van der Waals surface area contributed by atoms with E-state index in [1.54, 1.807) is 26.8 Å². The molecular formula is C36H42FN7O8S. The van der Waals surface area contributed by atoms with Crippen molar-refractivity contribution in [2.45, 2.75) is 107 Å². The van der Waals surface area contributed by atoms with E-state index in [0.717, 1.165) is 12.8 Å². The lowest BCUT2D eigenvalue weighted by atomic mass is 10.0. The predicted molar refractivity (Wildman–Crippen MR) is 187 cm³/mol. The van der Waals surface area contributed by atoms with Crippen molar-refractivity contribution in [2.75, 3.05) is 6.54 Å². The number of aromatic nitrogens is 3. The summed E-state index contributed by atoms with van der Waals surface area (Å²) in [6, 6.07) is 3.59. The molecule has 2 aliphatic carbocycles. The summed E-state index contributed by atoms with van der Waals surface area (Å²) in [6.07, 6.45) is 6.85. The number of allylic oxidation sites excluding steroid dienone is 1. The standard InChI is InChI=1S/C36H42FN7O8S/c1-20-16-28(52-42-20)31(46)39-26-12-8-6-4-5-7-10-22-18-36(22,34(48)43-53(49,50)35(3)14-15-35)41-30(45)27-17-23(19-44(27)33(26)47)51-32-21(2)38-25-13-9-11-24(37)29(25)40-32/h7,9-11,13,16,22-23,26-27H,4-6,8,12,14-15,17-19H2,1-3H3,(H,39,46)(H,41,45)(H,43,48)/b10-7-/t22?,23-,26+,27+,36-/m1/s1. The maximum Gasteiger partial charge on any atom is 0.290 e. The van der Waals surface area contributed by atoms with Crippen molar-refractivity contribution in [1.29, 1.82) is 0 Å². The van der Waals surface area contributed by atoms with Crippen LogP contribution in [0.1, 0.15) is 86.7 Å². The number of halogens is 1. The van der Waals surface area contributed by atoms with E-state index in [4.69, 9.17) is 9.26 Å². The number of carbonyl (C=O) groups excluding carboxylic acids is 4. The Labute approximate surface area is 305 Å². The van der Waals surface area contributed by atoms with Gasteiger partial charge < -0.3 is 24.8 Å². The molecule has 4 amide bonds. The van der Waals surface area contributed by atoms with E-state index in [-0.39, 0.29) is 43.0 Å². The van der Waals surface area contributed by atoms with Crippen LogP contribution in [-0.2, 0) is 24.4 Å². The molecule has 3 fully saturated rings. The molecule has 3 aromatic rings. The molecule has 1 aromatic carbocycles. The highest BCUT2D eigenvalue weighted by Crippen LogP contribution is 2.47. The zero-order valence-electron chi connectivity index (χ0n) is 29.7. The third kappa shape index (κ3) is 7.22. The first-order valence-electron chi connectivity index (χ1n) is 17.9. The van der Waals surface area contributed by atoms with E-state index in [2.05, 4.69) is 30.5 Å². The van der Waals surface area contributed by atoms with E-state index in [1.165, 1.54) is 23.1 Å². The van der Waals surface area contributed by atoms with Gasteiger partial charge in [0.15, 0.2) is 5.82 Å². The molecule has 0 radical (unpaired) electrons. The molecule has 5 atom stereocenters. The Hall–Kier alpha value is -4.93. The second-order valence-corrected chi connectivity index (χ2v) is 17.0. The molecular weight excluding hydrogens is 710 g/mol. The Morgan fingerprint density at radius 2 is 1.92 bits per heavy atom.